The molecule has 2 atom stereocenters. The number of ether oxygens (including phenoxy) is 2. The first-order valence-electron chi connectivity index (χ1n) is 7.61. The lowest BCUT2D eigenvalue weighted by atomic mass is 9.88. The van der Waals surface area contributed by atoms with Crippen molar-refractivity contribution in [2.75, 3.05) is 20.2 Å². The zero-order chi connectivity index (χ0) is 14.5. The van der Waals surface area contributed by atoms with Gasteiger partial charge < -0.3 is 9.47 Å². The minimum absolute atomic E-state index is 0.0240. The SMILES string of the molecule is COC(=O)C1CCN([C@@H]2CCCC[C@H]2OC(C)=O)CC1. The predicted octanol–water partition coefficient (Wildman–Crippen LogP) is 1.75. The van der Waals surface area contributed by atoms with Gasteiger partial charge in [-0.05, 0) is 45.2 Å². The molecule has 2 aliphatic rings. The van der Waals surface area contributed by atoms with E-state index in [1.54, 1.807) is 0 Å². The first-order chi connectivity index (χ1) is 9.61. The summed E-state index contributed by atoms with van der Waals surface area (Å²) in [5, 5.41) is 0. The van der Waals surface area contributed by atoms with Crippen molar-refractivity contribution in [1.29, 1.82) is 0 Å². The molecule has 20 heavy (non-hydrogen) atoms. The zero-order valence-electron chi connectivity index (χ0n) is 12.5. The average molecular weight is 283 g/mol. The largest absolute Gasteiger partial charge is 0.469 e. The van der Waals surface area contributed by atoms with E-state index in [9.17, 15) is 9.59 Å². The van der Waals surface area contributed by atoms with Gasteiger partial charge in [-0.15, -0.1) is 0 Å². The molecule has 0 N–H and O–H groups in total. The van der Waals surface area contributed by atoms with Crippen molar-refractivity contribution in [3.05, 3.63) is 0 Å². The van der Waals surface area contributed by atoms with Crippen molar-refractivity contribution >= 4 is 11.9 Å². The number of hydrogen-bond acceptors (Lipinski definition) is 5. The van der Waals surface area contributed by atoms with Gasteiger partial charge in [0, 0.05) is 13.0 Å². The molecule has 5 heteroatoms. The van der Waals surface area contributed by atoms with Crippen LogP contribution < -0.4 is 0 Å². The molecule has 0 bridgehead atoms. The number of likely N-dealkylation sites (tertiary alicyclic amines) is 1. The van der Waals surface area contributed by atoms with Crippen LogP contribution in [0.25, 0.3) is 0 Å². The van der Waals surface area contributed by atoms with E-state index >= 15 is 0 Å². The van der Waals surface area contributed by atoms with Gasteiger partial charge in [-0.2, -0.15) is 0 Å². The van der Waals surface area contributed by atoms with Crippen molar-refractivity contribution in [1.82, 2.24) is 4.90 Å². The standard InChI is InChI=1S/C15H25NO4/c1-11(17)20-14-6-4-3-5-13(14)16-9-7-12(8-10-16)15(18)19-2/h12-14H,3-10H2,1-2H3/t13-,14-/m1/s1. The second-order valence-corrected chi connectivity index (χ2v) is 5.83. The minimum Gasteiger partial charge on any atom is -0.469 e. The molecule has 0 amide bonds. The van der Waals surface area contributed by atoms with Crippen LogP contribution in [0.2, 0.25) is 0 Å². The van der Waals surface area contributed by atoms with Crippen LogP contribution in [0.5, 0.6) is 0 Å². The molecule has 0 radical (unpaired) electrons. The van der Waals surface area contributed by atoms with E-state index in [1.807, 2.05) is 0 Å². The Bertz CT molecular complexity index is 350. The van der Waals surface area contributed by atoms with Crippen LogP contribution in [-0.2, 0) is 19.1 Å². The molecular formula is C15H25NO4. The Morgan fingerprint density at radius 1 is 1.05 bits per heavy atom. The normalized spacial score (nSPS) is 28.9. The van der Waals surface area contributed by atoms with Crippen LogP contribution in [0.3, 0.4) is 0 Å². The summed E-state index contributed by atoms with van der Waals surface area (Å²) in [5.41, 5.74) is 0. The van der Waals surface area contributed by atoms with Gasteiger partial charge in [0.1, 0.15) is 6.10 Å². The molecular weight excluding hydrogens is 258 g/mol. The van der Waals surface area contributed by atoms with Crippen molar-refractivity contribution in [2.24, 2.45) is 5.92 Å². The number of esters is 2. The van der Waals surface area contributed by atoms with Crippen LogP contribution in [0, 0.1) is 5.92 Å². The van der Waals surface area contributed by atoms with Crippen molar-refractivity contribution in [3.8, 4) is 0 Å². The molecule has 1 aliphatic heterocycles. The maximum absolute atomic E-state index is 11.5. The Balaban J connectivity index is 1.90. The highest BCUT2D eigenvalue weighted by molar-refractivity contribution is 5.72. The molecule has 5 nitrogen and oxygen atoms in total. The van der Waals surface area contributed by atoms with Crippen LogP contribution in [0.4, 0.5) is 0 Å². The van der Waals surface area contributed by atoms with Gasteiger partial charge in [0.05, 0.1) is 13.0 Å². The summed E-state index contributed by atoms with van der Waals surface area (Å²) in [4.78, 5) is 25.2. The van der Waals surface area contributed by atoms with E-state index in [-0.39, 0.29) is 24.0 Å². The van der Waals surface area contributed by atoms with Crippen LogP contribution in [0.15, 0.2) is 0 Å². The van der Waals surface area contributed by atoms with Crippen LogP contribution in [-0.4, -0.2) is 49.2 Å². The number of piperidine rings is 1. The Morgan fingerprint density at radius 2 is 1.70 bits per heavy atom. The summed E-state index contributed by atoms with van der Waals surface area (Å²) in [5.74, 6) is -0.247. The summed E-state index contributed by atoms with van der Waals surface area (Å²) in [6.45, 7) is 3.26. The molecule has 0 aromatic rings. The first-order valence-corrected chi connectivity index (χ1v) is 7.61. The van der Waals surface area contributed by atoms with Gasteiger partial charge in [0.2, 0.25) is 0 Å². The molecule has 2 rings (SSSR count). The lowest BCUT2D eigenvalue weighted by molar-refractivity contribution is -0.153. The van der Waals surface area contributed by atoms with E-state index in [4.69, 9.17) is 9.47 Å². The van der Waals surface area contributed by atoms with Gasteiger partial charge in [0.15, 0.2) is 0 Å². The van der Waals surface area contributed by atoms with Gasteiger partial charge >= 0.3 is 11.9 Å². The topological polar surface area (TPSA) is 55.8 Å². The van der Waals surface area contributed by atoms with Crippen molar-refractivity contribution in [2.45, 2.75) is 57.6 Å². The Kier molecular flexibility index (Phi) is 5.40. The molecule has 1 saturated heterocycles. The van der Waals surface area contributed by atoms with Gasteiger partial charge in [-0.3, -0.25) is 14.5 Å². The molecule has 2 fully saturated rings. The quantitative estimate of drug-likeness (QED) is 0.739. The fourth-order valence-corrected chi connectivity index (χ4v) is 3.48. The molecule has 1 heterocycles. The number of carbonyl (C=O) groups is 2. The molecule has 0 spiro atoms. The summed E-state index contributed by atoms with van der Waals surface area (Å²) in [7, 11) is 1.45. The fraction of sp³-hybridized carbons (Fsp3) is 0.867. The third-order valence-electron chi connectivity index (χ3n) is 4.52. The maximum Gasteiger partial charge on any atom is 0.308 e. The third-order valence-corrected chi connectivity index (χ3v) is 4.52. The predicted molar refractivity (Wildman–Crippen MR) is 74.1 cm³/mol. The number of rotatable bonds is 3. The number of nitrogens with zero attached hydrogens (tertiary/aromatic N) is 1. The monoisotopic (exact) mass is 283 g/mol. The lowest BCUT2D eigenvalue weighted by Crippen LogP contribution is -2.50. The molecule has 0 aromatic carbocycles. The van der Waals surface area contributed by atoms with E-state index < -0.39 is 0 Å². The minimum atomic E-state index is -0.189. The van der Waals surface area contributed by atoms with Crippen LogP contribution in [0.1, 0.15) is 45.4 Å². The highest BCUT2D eigenvalue weighted by Crippen LogP contribution is 2.29. The van der Waals surface area contributed by atoms with E-state index in [0.717, 1.165) is 45.2 Å². The smallest absolute Gasteiger partial charge is 0.308 e. The highest BCUT2D eigenvalue weighted by Gasteiger charge is 2.35. The summed E-state index contributed by atoms with van der Waals surface area (Å²) >= 11 is 0. The van der Waals surface area contributed by atoms with Crippen molar-refractivity contribution in [3.63, 3.8) is 0 Å². The van der Waals surface area contributed by atoms with Crippen LogP contribution >= 0.6 is 0 Å². The molecule has 0 unspecified atom stereocenters. The Hall–Kier alpha value is -1.10. The fourth-order valence-electron chi connectivity index (χ4n) is 3.48. The van der Waals surface area contributed by atoms with Gasteiger partial charge in [-0.25, -0.2) is 0 Å². The molecule has 1 aliphatic carbocycles. The molecule has 1 saturated carbocycles. The van der Waals surface area contributed by atoms with Gasteiger partial charge in [-0.1, -0.05) is 6.42 Å². The van der Waals surface area contributed by atoms with E-state index in [0.29, 0.717) is 6.04 Å². The van der Waals surface area contributed by atoms with Crippen molar-refractivity contribution < 1.29 is 19.1 Å². The summed E-state index contributed by atoms with van der Waals surface area (Å²) < 4.78 is 10.3. The third kappa shape index (κ3) is 3.72. The highest BCUT2D eigenvalue weighted by atomic mass is 16.5. The number of methoxy groups -OCH3 is 1. The second-order valence-electron chi connectivity index (χ2n) is 5.83. The summed E-state index contributed by atoms with van der Waals surface area (Å²) in [6, 6.07) is 0.325. The van der Waals surface area contributed by atoms with E-state index in [2.05, 4.69) is 4.90 Å². The maximum atomic E-state index is 11.5. The lowest BCUT2D eigenvalue weighted by Gasteiger charge is -2.42. The molecule has 0 aromatic heterocycles. The summed E-state index contributed by atoms with van der Waals surface area (Å²) in [6.07, 6.45) is 6.08. The van der Waals surface area contributed by atoms with E-state index in [1.165, 1.54) is 20.5 Å². The first kappa shape index (κ1) is 15.3. The number of carbonyl (C=O) groups excluding carboxylic acids is 2. The Labute approximate surface area is 120 Å². The Morgan fingerprint density at radius 3 is 2.30 bits per heavy atom. The zero-order valence-corrected chi connectivity index (χ0v) is 12.5. The second kappa shape index (κ2) is 7.07. The average Bonchev–Trinajstić information content (AvgIpc) is 2.46. The molecule has 114 valence electrons. The number of hydrogen-bond donors (Lipinski definition) is 0. The van der Waals surface area contributed by atoms with Gasteiger partial charge in [0.25, 0.3) is 0 Å².